The van der Waals surface area contributed by atoms with Crippen molar-refractivity contribution in [3.05, 3.63) is 126 Å². The van der Waals surface area contributed by atoms with E-state index in [1.807, 2.05) is 32.9 Å². The lowest BCUT2D eigenvalue weighted by Gasteiger charge is -2.21. The summed E-state index contributed by atoms with van der Waals surface area (Å²) >= 11 is 0. The van der Waals surface area contributed by atoms with Crippen molar-refractivity contribution in [1.29, 1.82) is 0 Å². The second-order valence-electron chi connectivity index (χ2n) is 11.2. The van der Waals surface area contributed by atoms with E-state index in [0.717, 1.165) is 12.0 Å². The molecule has 0 aliphatic heterocycles. The Morgan fingerprint density at radius 2 is 1.25 bits per heavy atom. The van der Waals surface area contributed by atoms with Gasteiger partial charge in [0.1, 0.15) is 11.4 Å². The maximum absolute atomic E-state index is 12.2. The summed E-state index contributed by atoms with van der Waals surface area (Å²) in [5, 5.41) is 0. The first-order chi connectivity index (χ1) is 19.4. The standard InChI is InChI=1S/C37H32O3/c1-37(2,3)40-34(38)24-39-29-20-18-25(19-21-29)31-23-32-30-17-11-10-16-28(30)22-33(32)36(27-14-8-5-9-15-27)35(31)26-12-6-4-7-13-26/h4-21,23H,22,24H2,1-3H3. The summed E-state index contributed by atoms with van der Waals surface area (Å²) in [6, 6.07) is 40.5. The Balaban J connectivity index is 1.48. The minimum atomic E-state index is -0.541. The molecule has 0 unspecified atom stereocenters. The van der Waals surface area contributed by atoms with Crippen LogP contribution in [0.3, 0.4) is 0 Å². The van der Waals surface area contributed by atoms with Crippen molar-refractivity contribution < 1.29 is 14.3 Å². The molecule has 6 rings (SSSR count). The lowest BCUT2D eigenvalue weighted by molar-refractivity contribution is -0.157. The molecule has 1 aliphatic rings. The van der Waals surface area contributed by atoms with Crippen LogP contribution < -0.4 is 4.74 Å². The Bertz CT molecular complexity index is 1660. The smallest absolute Gasteiger partial charge is 0.344 e. The van der Waals surface area contributed by atoms with Crippen LogP contribution in [0.15, 0.2) is 115 Å². The third-order valence-electron chi connectivity index (χ3n) is 7.18. The molecule has 3 heteroatoms. The Labute approximate surface area is 236 Å². The highest BCUT2D eigenvalue weighted by Crippen LogP contribution is 2.50. The van der Waals surface area contributed by atoms with Gasteiger partial charge in [-0.15, -0.1) is 0 Å². The second-order valence-corrected chi connectivity index (χ2v) is 11.2. The van der Waals surface area contributed by atoms with Gasteiger partial charge >= 0.3 is 5.97 Å². The number of carbonyl (C=O) groups is 1. The van der Waals surface area contributed by atoms with Crippen LogP contribution in [0.2, 0.25) is 0 Å². The first kappa shape index (κ1) is 25.6. The van der Waals surface area contributed by atoms with E-state index in [4.69, 9.17) is 9.47 Å². The van der Waals surface area contributed by atoms with Gasteiger partial charge < -0.3 is 9.47 Å². The Kier molecular flexibility index (Phi) is 6.73. The zero-order valence-electron chi connectivity index (χ0n) is 23.1. The predicted octanol–water partition coefficient (Wildman–Crippen LogP) is 8.98. The van der Waals surface area contributed by atoms with Crippen LogP contribution in [0.5, 0.6) is 5.75 Å². The number of rotatable bonds is 6. The molecule has 198 valence electrons. The van der Waals surface area contributed by atoms with Crippen LogP contribution in [0, 0.1) is 0 Å². The first-order valence-electron chi connectivity index (χ1n) is 13.7. The SMILES string of the molecule is CC(C)(C)OC(=O)COc1ccc(-c2cc3c(c(-c4ccccc4)c2-c2ccccc2)Cc2ccccc2-3)cc1. The molecule has 5 aromatic rings. The molecule has 0 aromatic heterocycles. The van der Waals surface area contributed by atoms with Crippen molar-refractivity contribution in [2.24, 2.45) is 0 Å². The number of ether oxygens (including phenoxy) is 2. The molecule has 0 spiro atoms. The fraction of sp³-hybridized carbons (Fsp3) is 0.162. The van der Waals surface area contributed by atoms with Crippen LogP contribution in [0.25, 0.3) is 44.5 Å². The summed E-state index contributed by atoms with van der Waals surface area (Å²) in [5.41, 5.74) is 11.9. The molecule has 40 heavy (non-hydrogen) atoms. The summed E-state index contributed by atoms with van der Waals surface area (Å²) in [4.78, 5) is 12.2. The summed E-state index contributed by atoms with van der Waals surface area (Å²) in [6.07, 6.45) is 0.910. The molecule has 0 fully saturated rings. The molecule has 0 bridgehead atoms. The van der Waals surface area contributed by atoms with Crippen LogP contribution in [0.4, 0.5) is 0 Å². The minimum absolute atomic E-state index is 0.125. The average molecular weight is 525 g/mol. The predicted molar refractivity (Wildman–Crippen MR) is 162 cm³/mol. The molecule has 1 aliphatic carbocycles. The molecule has 5 aromatic carbocycles. The highest BCUT2D eigenvalue weighted by molar-refractivity contribution is 6.01. The lowest BCUT2D eigenvalue weighted by Crippen LogP contribution is -2.27. The monoisotopic (exact) mass is 524 g/mol. The number of esters is 1. The number of benzene rings is 5. The molecule has 0 heterocycles. The van der Waals surface area contributed by atoms with Crippen molar-refractivity contribution in [2.45, 2.75) is 32.8 Å². The number of hydrogen-bond donors (Lipinski definition) is 0. The largest absolute Gasteiger partial charge is 0.482 e. The highest BCUT2D eigenvalue weighted by Gasteiger charge is 2.27. The molecule has 0 amide bonds. The molecule has 0 saturated carbocycles. The molecule has 0 N–H and O–H groups in total. The molecular weight excluding hydrogens is 492 g/mol. The third kappa shape index (κ3) is 5.15. The summed E-state index contributed by atoms with van der Waals surface area (Å²) < 4.78 is 11.1. The van der Waals surface area contributed by atoms with E-state index in [0.29, 0.717) is 5.75 Å². The zero-order valence-corrected chi connectivity index (χ0v) is 23.1. The summed E-state index contributed by atoms with van der Waals surface area (Å²) in [5.74, 6) is 0.249. The zero-order chi connectivity index (χ0) is 27.7. The van der Waals surface area contributed by atoms with Gasteiger partial charge in [-0.05, 0) is 101 Å². The van der Waals surface area contributed by atoms with E-state index < -0.39 is 5.60 Å². The van der Waals surface area contributed by atoms with Gasteiger partial charge in [0, 0.05) is 0 Å². The van der Waals surface area contributed by atoms with Crippen molar-refractivity contribution in [3.63, 3.8) is 0 Å². The van der Waals surface area contributed by atoms with Crippen molar-refractivity contribution >= 4 is 5.97 Å². The van der Waals surface area contributed by atoms with E-state index in [1.165, 1.54) is 50.1 Å². The fourth-order valence-electron chi connectivity index (χ4n) is 5.58. The van der Waals surface area contributed by atoms with Gasteiger partial charge in [-0.25, -0.2) is 4.79 Å². The van der Waals surface area contributed by atoms with Crippen molar-refractivity contribution in [1.82, 2.24) is 0 Å². The quantitative estimate of drug-likeness (QED) is 0.204. The first-order valence-corrected chi connectivity index (χ1v) is 13.7. The molecule has 0 atom stereocenters. The van der Waals surface area contributed by atoms with Crippen molar-refractivity contribution in [3.8, 4) is 50.3 Å². The van der Waals surface area contributed by atoms with Gasteiger partial charge in [-0.2, -0.15) is 0 Å². The fourth-order valence-corrected chi connectivity index (χ4v) is 5.58. The van der Waals surface area contributed by atoms with Gasteiger partial charge in [-0.3, -0.25) is 0 Å². The Hall–Kier alpha value is -4.63. The molecule has 0 saturated heterocycles. The minimum Gasteiger partial charge on any atom is -0.482 e. The maximum Gasteiger partial charge on any atom is 0.344 e. The highest BCUT2D eigenvalue weighted by atomic mass is 16.6. The third-order valence-corrected chi connectivity index (χ3v) is 7.18. The van der Waals surface area contributed by atoms with Gasteiger partial charge in [0.05, 0.1) is 0 Å². The Morgan fingerprint density at radius 3 is 1.90 bits per heavy atom. The average Bonchev–Trinajstić information content (AvgIpc) is 3.34. The van der Waals surface area contributed by atoms with Gasteiger partial charge in [0.25, 0.3) is 0 Å². The topological polar surface area (TPSA) is 35.5 Å². The lowest BCUT2D eigenvalue weighted by atomic mass is 9.82. The van der Waals surface area contributed by atoms with E-state index in [9.17, 15) is 4.79 Å². The van der Waals surface area contributed by atoms with Crippen LogP contribution >= 0.6 is 0 Å². The normalized spacial score (nSPS) is 12.0. The van der Waals surface area contributed by atoms with Crippen LogP contribution in [0.1, 0.15) is 31.9 Å². The van der Waals surface area contributed by atoms with Gasteiger partial charge in [-0.1, -0.05) is 97.1 Å². The number of fused-ring (bicyclic) bond motifs is 3. The van der Waals surface area contributed by atoms with Crippen LogP contribution in [-0.4, -0.2) is 18.2 Å². The van der Waals surface area contributed by atoms with E-state index in [1.54, 1.807) is 0 Å². The van der Waals surface area contributed by atoms with Crippen LogP contribution in [-0.2, 0) is 16.0 Å². The number of hydrogen-bond acceptors (Lipinski definition) is 3. The summed E-state index contributed by atoms with van der Waals surface area (Å²) in [7, 11) is 0. The maximum atomic E-state index is 12.2. The molecular formula is C37H32O3. The van der Waals surface area contributed by atoms with E-state index in [2.05, 4.69) is 103 Å². The second kappa shape index (κ2) is 10.5. The summed E-state index contributed by atoms with van der Waals surface area (Å²) in [6.45, 7) is 5.42. The van der Waals surface area contributed by atoms with E-state index in [-0.39, 0.29) is 12.6 Å². The Morgan fingerprint density at radius 1 is 0.650 bits per heavy atom. The van der Waals surface area contributed by atoms with E-state index >= 15 is 0 Å². The van der Waals surface area contributed by atoms with Gasteiger partial charge in [0.15, 0.2) is 6.61 Å². The molecule has 0 radical (unpaired) electrons. The van der Waals surface area contributed by atoms with Gasteiger partial charge in [0.2, 0.25) is 0 Å². The van der Waals surface area contributed by atoms with Crippen molar-refractivity contribution in [2.75, 3.05) is 6.61 Å². The molecule has 3 nitrogen and oxygen atoms in total. The number of carbonyl (C=O) groups excluding carboxylic acids is 1.